The zero-order valence-electron chi connectivity index (χ0n) is 20.4. The molecule has 2 aliphatic heterocycles. The minimum absolute atomic E-state index is 0.0123. The first-order chi connectivity index (χ1) is 16.9. The lowest BCUT2D eigenvalue weighted by atomic mass is 10.0. The van der Waals surface area contributed by atoms with Crippen molar-refractivity contribution in [3.63, 3.8) is 0 Å². The molecule has 2 heterocycles. The molecule has 0 radical (unpaired) electrons. The van der Waals surface area contributed by atoms with E-state index in [1.165, 1.54) is 27.4 Å². The van der Waals surface area contributed by atoms with E-state index in [0.717, 1.165) is 6.42 Å². The third kappa shape index (κ3) is 5.43. The molecule has 2 aliphatic rings. The van der Waals surface area contributed by atoms with Gasteiger partial charge in [0.15, 0.2) is 11.5 Å². The molecule has 8 heteroatoms. The predicted octanol–water partition coefficient (Wildman–Crippen LogP) is 3.73. The number of hydrogen-bond acceptors (Lipinski definition) is 8. The second-order valence-electron chi connectivity index (χ2n) is 8.75. The van der Waals surface area contributed by atoms with Gasteiger partial charge < -0.3 is 23.7 Å². The molecule has 2 saturated heterocycles. The number of carbonyl (C=O) groups excluding carboxylic acids is 2. The second kappa shape index (κ2) is 10.8. The van der Waals surface area contributed by atoms with Crippen LogP contribution in [0.5, 0.6) is 17.2 Å². The number of piperidine rings is 1. The van der Waals surface area contributed by atoms with Crippen molar-refractivity contribution in [2.75, 3.05) is 28.4 Å². The maximum absolute atomic E-state index is 12.6. The maximum Gasteiger partial charge on any atom is 0.338 e. The summed E-state index contributed by atoms with van der Waals surface area (Å²) in [6.07, 6.45) is 4.64. The van der Waals surface area contributed by atoms with Crippen molar-refractivity contribution in [2.45, 2.75) is 43.6 Å². The van der Waals surface area contributed by atoms with Crippen molar-refractivity contribution >= 4 is 18.0 Å². The Bertz CT molecular complexity index is 1060. The first-order valence-corrected chi connectivity index (χ1v) is 11.6. The van der Waals surface area contributed by atoms with Crippen LogP contribution in [-0.4, -0.2) is 69.5 Å². The Hall–Kier alpha value is -3.52. The average molecular weight is 482 g/mol. The highest BCUT2D eigenvalue weighted by atomic mass is 16.6. The number of esters is 2. The van der Waals surface area contributed by atoms with E-state index in [4.69, 9.17) is 23.7 Å². The highest BCUT2D eigenvalue weighted by Crippen LogP contribution is 2.39. The number of fused-ring (bicyclic) bond motifs is 2. The van der Waals surface area contributed by atoms with Crippen LogP contribution in [0.4, 0.5) is 0 Å². The Labute approximate surface area is 205 Å². The van der Waals surface area contributed by atoms with E-state index >= 15 is 0 Å². The SMILES string of the molecule is COc1cc(C=CC(=O)O[C@H]2C[C@H]3C[C@H](OC(=O)c4ccccc4)[C@@H](C2)N3C)cc(OC)c1OC. The van der Waals surface area contributed by atoms with E-state index in [9.17, 15) is 9.59 Å². The number of methoxy groups -OCH3 is 3. The molecular formula is C27H31NO7. The molecule has 2 aromatic carbocycles. The fourth-order valence-corrected chi connectivity index (χ4v) is 4.94. The Morgan fingerprint density at radius 1 is 0.914 bits per heavy atom. The summed E-state index contributed by atoms with van der Waals surface area (Å²) < 4.78 is 27.6. The van der Waals surface area contributed by atoms with Gasteiger partial charge in [0.25, 0.3) is 0 Å². The fourth-order valence-electron chi connectivity index (χ4n) is 4.94. The van der Waals surface area contributed by atoms with Crippen molar-refractivity contribution in [2.24, 2.45) is 0 Å². The Morgan fingerprint density at radius 2 is 1.60 bits per heavy atom. The summed E-state index contributed by atoms with van der Waals surface area (Å²) in [7, 11) is 6.65. The lowest BCUT2D eigenvalue weighted by Crippen LogP contribution is -2.46. The van der Waals surface area contributed by atoms with Gasteiger partial charge in [0.1, 0.15) is 12.2 Å². The third-order valence-electron chi connectivity index (χ3n) is 6.72. The molecule has 0 spiro atoms. The van der Waals surface area contributed by atoms with Crippen LogP contribution in [0.3, 0.4) is 0 Å². The van der Waals surface area contributed by atoms with E-state index in [-0.39, 0.29) is 30.3 Å². The first kappa shape index (κ1) is 24.6. The van der Waals surface area contributed by atoms with Crippen molar-refractivity contribution in [3.05, 3.63) is 59.7 Å². The van der Waals surface area contributed by atoms with Gasteiger partial charge in [-0.3, -0.25) is 4.90 Å². The Kier molecular flexibility index (Phi) is 7.60. The van der Waals surface area contributed by atoms with Crippen LogP contribution in [0.1, 0.15) is 35.2 Å². The van der Waals surface area contributed by atoms with E-state index in [1.54, 1.807) is 30.3 Å². The van der Waals surface area contributed by atoms with Crippen molar-refractivity contribution in [1.82, 2.24) is 4.90 Å². The van der Waals surface area contributed by atoms with Gasteiger partial charge in [0.2, 0.25) is 5.75 Å². The molecular weight excluding hydrogens is 450 g/mol. The van der Waals surface area contributed by atoms with Gasteiger partial charge >= 0.3 is 11.9 Å². The normalized spacial score (nSPS) is 23.7. The third-order valence-corrected chi connectivity index (χ3v) is 6.72. The van der Waals surface area contributed by atoms with Crippen molar-refractivity contribution < 1.29 is 33.3 Å². The summed E-state index contributed by atoms with van der Waals surface area (Å²) in [4.78, 5) is 27.4. The fraction of sp³-hybridized carbons (Fsp3) is 0.407. The summed E-state index contributed by atoms with van der Waals surface area (Å²) in [5.41, 5.74) is 1.25. The highest BCUT2D eigenvalue weighted by Gasteiger charge is 2.47. The van der Waals surface area contributed by atoms with Crippen LogP contribution >= 0.6 is 0 Å². The molecule has 8 nitrogen and oxygen atoms in total. The molecule has 2 aromatic rings. The standard InChI is InChI=1S/C27H31NO7/c1-28-19-14-20(16-21(28)22(15-19)35-27(30)18-8-6-5-7-9-18)34-25(29)11-10-17-12-23(31-2)26(33-4)24(13-17)32-3/h5-13,19-22H,14-16H2,1-4H3/t19-,20-,21+,22-/m0/s1. The summed E-state index contributed by atoms with van der Waals surface area (Å²) in [6.45, 7) is 0. The molecule has 0 N–H and O–H groups in total. The molecule has 0 amide bonds. The molecule has 0 aliphatic carbocycles. The lowest BCUT2D eigenvalue weighted by molar-refractivity contribution is -0.146. The topological polar surface area (TPSA) is 83.5 Å². The zero-order valence-corrected chi connectivity index (χ0v) is 20.4. The van der Waals surface area contributed by atoms with Gasteiger partial charge in [-0.2, -0.15) is 0 Å². The number of ether oxygens (including phenoxy) is 5. The summed E-state index contributed by atoms with van der Waals surface area (Å²) in [5.74, 6) is 0.744. The number of carbonyl (C=O) groups is 2. The van der Waals surface area contributed by atoms with Gasteiger partial charge in [-0.15, -0.1) is 0 Å². The second-order valence-corrected chi connectivity index (χ2v) is 8.75. The van der Waals surface area contributed by atoms with E-state index in [0.29, 0.717) is 41.2 Å². The van der Waals surface area contributed by atoms with Gasteiger partial charge in [0, 0.05) is 31.4 Å². The van der Waals surface area contributed by atoms with E-state index in [1.807, 2.05) is 25.2 Å². The maximum atomic E-state index is 12.6. The molecule has 0 saturated carbocycles. The Balaban J connectivity index is 1.37. The smallest absolute Gasteiger partial charge is 0.338 e. The monoisotopic (exact) mass is 481 g/mol. The molecule has 35 heavy (non-hydrogen) atoms. The van der Waals surface area contributed by atoms with Gasteiger partial charge in [0.05, 0.1) is 32.9 Å². The summed E-state index contributed by atoms with van der Waals surface area (Å²) in [6, 6.07) is 12.7. The number of rotatable bonds is 8. The highest BCUT2D eigenvalue weighted by molar-refractivity contribution is 5.89. The lowest BCUT2D eigenvalue weighted by Gasteiger charge is -2.36. The predicted molar refractivity (Wildman–Crippen MR) is 130 cm³/mol. The number of likely N-dealkylation sites (N-methyl/N-ethyl adjacent to an activating group) is 1. The average Bonchev–Trinajstić information content (AvgIpc) is 3.03. The molecule has 2 fully saturated rings. The molecule has 4 rings (SSSR count). The van der Waals surface area contributed by atoms with Crippen LogP contribution in [0, 0.1) is 0 Å². The number of hydrogen-bond donors (Lipinski definition) is 0. The van der Waals surface area contributed by atoms with Gasteiger partial charge in [-0.1, -0.05) is 18.2 Å². The summed E-state index contributed by atoms with van der Waals surface area (Å²) >= 11 is 0. The quantitative estimate of drug-likeness (QED) is 0.417. The largest absolute Gasteiger partial charge is 0.493 e. The minimum Gasteiger partial charge on any atom is -0.493 e. The van der Waals surface area contributed by atoms with Crippen LogP contribution in [-0.2, 0) is 14.3 Å². The van der Waals surface area contributed by atoms with Crippen molar-refractivity contribution in [1.29, 1.82) is 0 Å². The Morgan fingerprint density at radius 3 is 2.23 bits per heavy atom. The first-order valence-electron chi connectivity index (χ1n) is 11.6. The minimum atomic E-state index is -0.425. The molecule has 0 aromatic heterocycles. The van der Waals surface area contributed by atoms with Crippen LogP contribution < -0.4 is 14.2 Å². The molecule has 0 unspecified atom stereocenters. The molecule has 4 atom stereocenters. The van der Waals surface area contributed by atoms with E-state index in [2.05, 4.69) is 4.90 Å². The van der Waals surface area contributed by atoms with Crippen LogP contribution in [0.25, 0.3) is 6.08 Å². The van der Waals surface area contributed by atoms with Crippen molar-refractivity contribution in [3.8, 4) is 17.2 Å². The molecule has 2 bridgehead atoms. The van der Waals surface area contributed by atoms with Crippen LogP contribution in [0.15, 0.2) is 48.5 Å². The van der Waals surface area contributed by atoms with Gasteiger partial charge in [-0.05, 0) is 43.0 Å². The number of nitrogens with zero attached hydrogens (tertiary/aromatic N) is 1. The number of benzene rings is 2. The van der Waals surface area contributed by atoms with Crippen LogP contribution in [0.2, 0.25) is 0 Å². The van der Waals surface area contributed by atoms with E-state index < -0.39 is 5.97 Å². The summed E-state index contributed by atoms with van der Waals surface area (Å²) in [5, 5.41) is 0. The molecule has 186 valence electrons. The zero-order chi connectivity index (χ0) is 24.9. The van der Waals surface area contributed by atoms with Gasteiger partial charge in [-0.25, -0.2) is 9.59 Å².